The Kier molecular flexibility index (Phi) is 6.09. The molecule has 0 aliphatic heterocycles. The summed E-state index contributed by atoms with van der Waals surface area (Å²) in [6.45, 7) is 1.82. The number of para-hydroxylation sites is 1. The van der Waals surface area contributed by atoms with Gasteiger partial charge in [0, 0.05) is 18.1 Å². The number of rotatable bonds is 7. The predicted molar refractivity (Wildman–Crippen MR) is 102 cm³/mol. The molecule has 0 amide bonds. The number of carbonyl (C=O) groups is 1. The van der Waals surface area contributed by atoms with Gasteiger partial charge in [-0.1, -0.05) is 36.4 Å². The Labute approximate surface area is 165 Å². The lowest BCUT2D eigenvalue weighted by molar-refractivity contribution is -0.131. The highest BCUT2D eigenvalue weighted by molar-refractivity contribution is 8.03. The fraction of sp³-hybridized carbons (Fsp3) is 0.100. The molecule has 0 radical (unpaired) electrons. The van der Waals surface area contributed by atoms with Gasteiger partial charge in [0.15, 0.2) is 0 Å². The topological polar surface area (TPSA) is 109 Å². The molecule has 0 atom stereocenters. The van der Waals surface area contributed by atoms with E-state index in [9.17, 15) is 15.2 Å². The lowest BCUT2D eigenvalue weighted by atomic mass is 10.1. The Balaban J connectivity index is 1.84. The molecule has 0 aliphatic rings. The van der Waals surface area contributed by atoms with Crippen LogP contribution in [0.1, 0.15) is 22.6 Å². The van der Waals surface area contributed by atoms with Crippen molar-refractivity contribution in [2.45, 2.75) is 18.8 Å². The van der Waals surface area contributed by atoms with Crippen molar-refractivity contribution in [2.24, 2.45) is 0 Å². The molecule has 0 fully saturated rings. The average Bonchev–Trinajstić information content (AvgIpc) is 3.11. The normalized spacial score (nSPS) is 11.1. The maximum absolute atomic E-state index is 11.6. The van der Waals surface area contributed by atoms with E-state index in [-0.39, 0.29) is 16.7 Å². The standard InChI is InChI=1S/C20H15N3O4S/c1-13-22-23-20(27-13)28-18(19(24)25)10-14-6-4-5-9-17(14)26-12-16-8-3-2-7-15(16)11-21/h2-10H,12H2,1H3,(H,24,25)/b18-10-. The minimum atomic E-state index is -1.12. The molecular weight excluding hydrogens is 378 g/mol. The summed E-state index contributed by atoms with van der Waals surface area (Å²) < 4.78 is 11.1. The van der Waals surface area contributed by atoms with E-state index in [0.717, 1.165) is 17.3 Å². The largest absolute Gasteiger partial charge is 0.488 e. The maximum atomic E-state index is 11.6. The van der Waals surface area contributed by atoms with Crippen molar-refractivity contribution in [3.63, 3.8) is 0 Å². The summed E-state index contributed by atoms with van der Waals surface area (Å²) >= 11 is 0.864. The molecule has 7 nitrogen and oxygen atoms in total. The van der Waals surface area contributed by atoms with E-state index in [0.29, 0.717) is 22.8 Å². The van der Waals surface area contributed by atoms with Crippen LogP contribution in [0.3, 0.4) is 0 Å². The minimum Gasteiger partial charge on any atom is -0.488 e. The molecule has 8 heteroatoms. The number of benzene rings is 2. The smallest absolute Gasteiger partial charge is 0.342 e. The average molecular weight is 393 g/mol. The molecule has 1 N–H and O–H groups in total. The van der Waals surface area contributed by atoms with Crippen molar-refractivity contribution in [2.75, 3.05) is 0 Å². The summed E-state index contributed by atoms with van der Waals surface area (Å²) in [4.78, 5) is 11.6. The number of aryl methyl sites for hydroxylation is 1. The Hall–Kier alpha value is -3.57. The third-order valence-corrected chi connectivity index (χ3v) is 4.49. The summed E-state index contributed by atoms with van der Waals surface area (Å²) in [6, 6.07) is 16.3. The molecule has 3 aromatic rings. The second kappa shape index (κ2) is 8.88. The number of hydrogen-bond donors (Lipinski definition) is 1. The van der Waals surface area contributed by atoms with Crippen molar-refractivity contribution in [1.29, 1.82) is 5.26 Å². The molecule has 0 aliphatic carbocycles. The highest BCUT2D eigenvalue weighted by Crippen LogP contribution is 2.30. The Morgan fingerprint density at radius 2 is 2.00 bits per heavy atom. The molecule has 0 unspecified atom stereocenters. The van der Waals surface area contributed by atoms with E-state index in [1.807, 2.05) is 12.1 Å². The first-order chi connectivity index (χ1) is 13.6. The van der Waals surface area contributed by atoms with Gasteiger partial charge in [0.2, 0.25) is 5.89 Å². The first kappa shape index (κ1) is 19.2. The lowest BCUT2D eigenvalue weighted by Crippen LogP contribution is -2.00. The van der Waals surface area contributed by atoms with Crippen LogP contribution in [0.25, 0.3) is 6.08 Å². The Bertz CT molecular complexity index is 1070. The van der Waals surface area contributed by atoms with Crippen molar-refractivity contribution in [3.05, 3.63) is 76.0 Å². The quantitative estimate of drug-likeness (QED) is 0.473. The number of ether oxygens (including phenoxy) is 1. The van der Waals surface area contributed by atoms with E-state index in [1.165, 1.54) is 6.08 Å². The van der Waals surface area contributed by atoms with Crippen molar-refractivity contribution in [3.8, 4) is 11.8 Å². The van der Waals surface area contributed by atoms with E-state index >= 15 is 0 Å². The summed E-state index contributed by atoms with van der Waals surface area (Å²) in [6.07, 6.45) is 1.48. The molecular formula is C20H15N3O4S. The molecule has 1 aromatic heterocycles. The molecule has 3 rings (SSSR count). The molecule has 0 saturated carbocycles. The van der Waals surface area contributed by atoms with Gasteiger partial charge in [-0.25, -0.2) is 4.79 Å². The number of thioether (sulfide) groups is 1. The Morgan fingerprint density at radius 1 is 1.25 bits per heavy atom. The van der Waals surface area contributed by atoms with E-state index in [4.69, 9.17) is 9.15 Å². The van der Waals surface area contributed by atoms with Crippen LogP contribution in [0.15, 0.2) is 63.1 Å². The molecule has 0 saturated heterocycles. The Morgan fingerprint density at radius 3 is 2.71 bits per heavy atom. The molecule has 140 valence electrons. The number of hydrogen-bond acceptors (Lipinski definition) is 7. The number of aromatic nitrogens is 2. The van der Waals surface area contributed by atoms with E-state index < -0.39 is 5.97 Å². The third kappa shape index (κ3) is 4.78. The summed E-state index contributed by atoms with van der Waals surface area (Å²) in [5.41, 5.74) is 1.86. The molecule has 0 bridgehead atoms. The maximum Gasteiger partial charge on any atom is 0.342 e. The molecule has 2 aromatic carbocycles. The number of aliphatic carboxylic acids is 1. The highest BCUT2D eigenvalue weighted by atomic mass is 32.2. The van der Waals surface area contributed by atoms with Gasteiger partial charge < -0.3 is 14.3 Å². The highest BCUT2D eigenvalue weighted by Gasteiger charge is 2.15. The van der Waals surface area contributed by atoms with Crippen LogP contribution in [0.5, 0.6) is 5.75 Å². The minimum absolute atomic E-state index is 0.0112. The van der Waals surface area contributed by atoms with Crippen molar-refractivity contribution in [1.82, 2.24) is 10.2 Å². The van der Waals surface area contributed by atoms with Crippen LogP contribution < -0.4 is 4.74 Å². The van der Waals surface area contributed by atoms with Gasteiger partial charge in [-0.05, 0) is 30.0 Å². The van der Waals surface area contributed by atoms with Crippen molar-refractivity contribution >= 4 is 23.8 Å². The zero-order valence-electron chi connectivity index (χ0n) is 14.8. The first-order valence-corrected chi connectivity index (χ1v) is 9.01. The number of nitrogens with zero attached hydrogens (tertiary/aromatic N) is 3. The second-order valence-electron chi connectivity index (χ2n) is 5.60. The SMILES string of the molecule is Cc1nnc(S/C(=C\c2ccccc2OCc2ccccc2C#N)C(=O)O)o1. The van der Waals surface area contributed by atoms with Crippen molar-refractivity contribution < 1.29 is 19.1 Å². The summed E-state index contributed by atoms with van der Waals surface area (Å²) in [7, 11) is 0. The number of nitriles is 1. The fourth-order valence-electron chi connectivity index (χ4n) is 2.33. The third-order valence-electron chi connectivity index (χ3n) is 3.64. The van der Waals surface area contributed by atoms with Gasteiger partial charge in [0.1, 0.15) is 17.3 Å². The lowest BCUT2D eigenvalue weighted by Gasteiger charge is -2.10. The van der Waals surface area contributed by atoms with Crippen LogP contribution in [0, 0.1) is 18.3 Å². The van der Waals surface area contributed by atoms with E-state index in [1.54, 1.807) is 43.3 Å². The molecule has 28 heavy (non-hydrogen) atoms. The van der Waals surface area contributed by atoms with Crippen LogP contribution in [-0.2, 0) is 11.4 Å². The second-order valence-corrected chi connectivity index (χ2v) is 6.59. The first-order valence-electron chi connectivity index (χ1n) is 8.19. The predicted octanol–water partition coefficient (Wildman–Crippen LogP) is 4.05. The van der Waals surface area contributed by atoms with Crippen LogP contribution in [-0.4, -0.2) is 21.3 Å². The van der Waals surface area contributed by atoms with Crippen LogP contribution >= 0.6 is 11.8 Å². The monoisotopic (exact) mass is 393 g/mol. The van der Waals surface area contributed by atoms with Gasteiger partial charge in [0.25, 0.3) is 5.22 Å². The van der Waals surface area contributed by atoms with E-state index in [2.05, 4.69) is 16.3 Å². The summed E-state index contributed by atoms with van der Waals surface area (Å²) in [5.74, 6) is -0.270. The zero-order valence-corrected chi connectivity index (χ0v) is 15.6. The number of carboxylic acids is 1. The van der Waals surface area contributed by atoms with Gasteiger partial charge >= 0.3 is 5.97 Å². The summed E-state index contributed by atoms with van der Waals surface area (Å²) in [5, 5.41) is 26.4. The molecule has 1 heterocycles. The van der Waals surface area contributed by atoms with Gasteiger partial charge in [-0.3, -0.25) is 0 Å². The van der Waals surface area contributed by atoms with Gasteiger partial charge in [-0.15, -0.1) is 10.2 Å². The molecule has 0 spiro atoms. The zero-order chi connectivity index (χ0) is 19.9. The van der Waals surface area contributed by atoms with Crippen LogP contribution in [0.4, 0.5) is 0 Å². The number of carboxylic acid groups (broad SMARTS) is 1. The fourth-order valence-corrected chi connectivity index (χ4v) is 3.04. The van der Waals surface area contributed by atoms with Crippen LogP contribution in [0.2, 0.25) is 0 Å². The van der Waals surface area contributed by atoms with Gasteiger partial charge in [0.05, 0.1) is 11.6 Å². The van der Waals surface area contributed by atoms with Gasteiger partial charge in [-0.2, -0.15) is 5.26 Å².